The van der Waals surface area contributed by atoms with E-state index < -0.39 is 0 Å². The van der Waals surface area contributed by atoms with Crippen LogP contribution in [0.1, 0.15) is 42.5 Å². The van der Waals surface area contributed by atoms with Crippen molar-refractivity contribution in [3.05, 3.63) is 107 Å². The molecule has 0 atom stereocenters. The molecule has 0 unspecified atom stereocenters. The zero-order valence-electron chi connectivity index (χ0n) is 17.2. The van der Waals surface area contributed by atoms with Gasteiger partial charge in [0, 0.05) is 18.0 Å². The Hall–Kier alpha value is -3.19. The fourth-order valence-electron chi connectivity index (χ4n) is 4.38. The highest BCUT2D eigenvalue weighted by molar-refractivity contribution is 5.94. The molecule has 0 aliphatic heterocycles. The molecule has 0 bridgehead atoms. The average molecular weight is 376 g/mol. The van der Waals surface area contributed by atoms with E-state index in [0.717, 1.165) is 6.42 Å². The molecule has 0 saturated heterocycles. The largest absolute Gasteiger partial charge is 0.264 e. The van der Waals surface area contributed by atoms with Crippen LogP contribution in [0.5, 0.6) is 0 Å². The molecular formula is C28H25N. The maximum atomic E-state index is 4.35. The van der Waals surface area contributed by atoms with Gasteiger partial charge < -0.3 is 0 Å². The maximum Gasteiger partial charge on any atom is 0.0346 e. The van der Waals surface area contributed by atoms with E-state index in [0.29, 0.717) is 0 Å². The molecule has 1 aliphatic rings. The summed E-state index contributed by atoms with van der Waals surface area (Å²) >= 11 is 0. The molecule has 3 aromatic carbocycles. The third kappa shape index (κ3) is 3.17. The van der Waals surface area contributed by atoms with Gasteiger partial charge in [0.05, 0.1) is 0 Å². The Kier molecular flexibility index (Phi) is 4.13. The van der Waals surface area contributed by atoms with E-state index in [2.05, 4.69) is 92.5 Å². The number of fused-ring (bicyclic) bond motifs is 2. The van der Waals surface area contributed by atoms with Crippen LogP contribution < -0.4 is 0 Å². The minimum Gasteiger partial charge on any atom is -0.264 e. The SMILES string of the molecule is Cc1ccc(-c2ccc3cc4c(cc3c2)C(c2cccnc2)=CCC4(C)C)cc1. The molecule has 29 heavy (non-hydrogen) atoms. The Labute approximate surface area is 172 Å². The fraction of sp³-hybridized carbons (Fsp3) is 0.179. The van der Waals surface area contributed by atoms with Crippen LogP contribution in [0.4, 0.5) is 0 Å². The van der Waals surface area contributed by atoms with E-state index in [1.54, 1.807) is 0 Å². The molecule has 1 nitrogen and oxygen atoms in total. The third-order valence-electron chi connectivity index (χ3n) is 6.17. The Morgan fingerprint density at radius 1 is 0.793 bits per heavy atom. The molecule has 1 heterocycles. The van der Waals surface area contributed by atoms with E-state index in [9.17, 15) is 0 Å². The summed E-state index contributed by atoms with van der Waals surface area (Å²) in [7, 11) is 0. The van der Waals surface area contributed by atoms with Crippen molar-refractivity contribution < 1.29 is 0 Å². The van der Waals surface area contributed by atoms with Crippen molar-refractivity contribution in [3.63, 3.8) is 0 Å². The predicted molar refractivity (Wildman–Crippen MR) is 123 cm³/mol. The van der Waals surface area contributed by atoms with E-state index in [1.807, 2.05) is 18.5 Å². The van der Waals surface area contributed by atoms with Crippen molar-refractivity contribution in [3.8, 4) is 11.1 Å². The lowest BCUT2D eigenvalue weighted by atomic mass is 9.71. The van der Waals surface area contributed by atoms with Crippen molar-refractivity contribution in [1.82, 2.24) is 4.98 Å². The molecule has 1 aromatic heterocycles. The number of rotatable bonds is 2. The Balaban J connectivity index is 1.70. The first-order valence-electron chi connectivity index (χ1n) is 10.3. The Bertz CT molecular complexity index is 1230. The fourth-order valence-corrected chi connectivity index (χ4v) is 4.38. The number of pyridine rings is 1. The second-order valence-corrected chi connectivity index (χ2v) is 8.77. The summed E-state index contributed by atoms with van der Waals surface area (Å²) in [6.45, 7) is 6.81. The number of aromatic nitrogens is 1. The van der Waals surface area contributed by atoms with E-state index in [4.69, 9.17) is 0 Å². The van der Waals surface area contributed by atoms with E-state index in [-0.39, 0.29) is 5.41 Å². The molecule has 4 aromatic rings. The molecule has 5 rings (SSSR count). The zero-order valence-corrected chi connectivity index (χ0v) is 17.2. The third-order valence-corrected chi connectivity index (χ3v) is 6.17. The van der Waals surface area contributed by atoms with Crippen molar-refractivity contribution in [1.29, 1.82) is 0 Å². The van der Waals surface area contributed by atoms with Gasteiger partial charge in [0.15, 0.2) is 0 Å². The van der Waals surface area contributed by atoms with Crippen LogP contribution in [0.2, 0.25) is 0 Å². The van der Waals surface area contributed by atoms with Gasteiger partial charge in [-0.2, -0.15) is 0 Å². The monoisotopic (exact) mass is 375 g/mol. The topological polar surface area (TPSA) is 12.9 Å². The van der Waals surface area contributed by atoms with Crippen molar-refractivity contribution in [2.45, 2.75) is 32.6 Å². The van der Waals surface area contributed by atoms with Crippen LogP contribution in [0, 0.1) is 6.92 Å². The summed E-state index contributed by atoms with van der Waals surface area (Å²) in [4.78, 5) is 4.35. The van der Waals surface area contributed by atoms with Gasteiger partial charge in [-0.1, -0.05) is 68.0 Å². The first-order chi connectivity index (χ1) is 14.0. The van der Waals surface area contributed by atoms with Gasteiger partial charge in [0.25, 0.3) is 0 Å². The molecule has 0 radical (unpaired) electrons. The van der Waals surface area contributed by atoms with Gasteiger partial charge >= 0.3 is 0 Å². The standard InChI is InChI=1S/C28H25N/c1-19-6-8-20(9-7-19)21-10-11-22-17-27-26(16-24(22)15-21)25(12-13-28(27,2)3)23-5-4-14-29-18-23/h4-12,14-18H,13H2,1-3H3. The summed E-state index contributed by atoms with van der Waals surface area (Å²) in [5.74, 6) is 0. The van der Waals surface area contributed by atoms with E-state index >= 15 is 0 Å². The molecule has 1 heteroatoms. The highest BCUT2D eigenvalue weighted by Crippen LogP contribution is 2.43. The molecule has 0 fully saturated rings. The molecule has 0 amide bonds. The lowest BCUT2D eigenvalue weighted by Crippen LogP contribution is -2.21. The van der Waals surface area contributed by atoms with Gasteiger partial charge in [-0.25, -0.2) is 0 Å². The lowest BCUT2D eigenvalue weighted by molar-refractivity contribution is 0.528. The van der Waals surface area contributed by atoms with Crippen LogP contribution >= 0.6 is 0 Å². The van der Waals surface area contributed by atoms with E-state index in [1.165, 1.54) is 49.7 Å². The number of benzene rings is 3. The lowest BCUT2D eigenvalue weighted by Gasteiger charge is -2.32. The van der Waals surface area contributed by atoms with Crippen LogP contribution in [-0.2, 0) is 5.41 Å². The first kappa shape index (κ1) is 17.9. The molecule has 0 N–H and O–H groups in total. The predicted octanol–water partition coefficient (Wildman–Crippen LogP) is 7.32. The first-order valence-corrected chi connectivity index (χ1v) is 10.3. The number of aryl methyl sites for hydroxylation is 1. The summed E-state index contributed by atoms with van der Waals surface area (Å²) in [6.07, 6.45) is 7.24. The smallest absolute Gasteiger partial charge is 0.0346 e. The van der Waals surface area contributed by atoms with Gasteiger partial charge in [-0.15, -0.1) is 0 Å². The van der Waals surface area contributed by atoms with Gasteiger partial charge in [-0.3, -0.25) is 4.98 Å². The number of hydrogen-bond donors (Lipinski definition) is 0. The molecular weight excluding hydrogens is 350 g/mol. The molecule has 1 aliphatic carbocycles. The van der Waals surface area contributed by atoms with Gasteiger partial charge in [0.1, 0.15) is 0 Å². The Morgan fingerprint density at radius 3 is 2.34 bits per heavy atom. The highest BCUT2D eigenvalue weighted by atomic mass is 14.6. The maximum absolute atomic E-state index is 4.35. The summed E-state index contributed by atoms with van der Waals surface area (Å²) in [5.41, 5.74) is 9.20. The molecule has 0 spiro atoms. The number of hydrogen-bond acceptors (Lipinski definition) is 1. The van der Waals surface area contributed by atoms with Crippen LogP contribution in [0.3, 0.4) is 0 Å². The van der Waals surface area contributed by atoms with Crippen LogP contribution in [-0.4, -0.2) is 4.98 Å². The molecule has 142 valence electrons. The molecule has 0 saturated carbocycles. The highest BCUT2D eigenvalue weighted by Gasteiger charge is 2.29. The normalized spacial score (nSPS) is 15.1. The minimum absolute atomic E-state index is 0.130. The second kappa shape index (κ2) is 6.70. The quantitative estimate of drug-likeness (QED) is 0.357. The summed E-state index contributed by atoms with van der Waals surface area (Å²) in [5, 5.41) is 2.59. The summed E-state index contributed by atoms with van der Waals surface area (Å²) < 4.78 is 0. The average Bonchev–Trinajstić information content (AvgIpc) is 2.74. The van der Waals surface area contributed by atoms with Crippen molar-refractivity contribution in [2.24, 2.45) is 0 Å². The number of nitrogens with zero attached hydrogens (tertiary/aromatic N) is 1. The Morgan fingerprint density at radius 2 is 1.59 bits per heavy atom. The van der Waals surface area contributed by atoms with Gasteiger partial charge in [-0.05, 0) is 81.6 Å². The van der Waals surface area contributed by atoms with Crippen LogP contribution in [0.25, 0.3) is 27.5 Å². The summed E-state index contributed by atoms with van der Waals surface area (Å²) in [6, 6.07) is 24.6. The minimum atomic E-state index is 0.130. The van der Waals surface area contributed by atoms with Crippen molar-refractivity contribution >= 4 is 16.3 Å². The number of allylic oxidation sites excluding steroid dienone is 1. The van der Waals surface area contributed by atoms with Crippen molar-refractivity contribution in [2.75, 3.05) is 0 Å². The van der Waals surface area contributed by atoms with Crippen LogP contribution in [0.15, 0.2) is 85.2 Å². The second-order valence-electron chi connectivity index (χ2n) is 8.77. The zero-order chi connectivity index (χ0) is 20.0. The van der Waals surface area contributed by atoms with Gasteiger partial charge in [0.2, 0.25) is 0 Å².